The van der Waals surface area contributed by atoms with Crippen molar-refractivity contribution in [1.82, 2.24) is 5.32 Å². The maximum atomic E-state index is 3.43. The van der Waals surface area contributed by atoms with Crippen molar-refractivity contribution < 1.29 is 0 Å². The average Bonchev–Trinajstić information content (AvgIpc) is 1.77. The molecule has 0 aromatic carbocycles. The summed E-state index contributed by atoms with van der Waals surface area (Å²) in [5, 5.41) is 3.43. The molecule has 2 heteroatoms. The van der Waals surface area contributed by atoms with Gasteiger partial charge < -0.3 is 5.32 Å². The quantitative estimate of drug-likeness (QED) is 0.600. The Kier molecular flexibility index (Phi) is 3.43. The molecule has 0 saturated carbocycles. The molecule has 1 heterocycles. The van der Waals surface area contributed by atoms with Gasteiger partial charge in [-0.15, -0.1) is 0 Å². The van der Waals surface area contributed by atoms with Crippen LogP contribution in [0.1, 0.15) is 26.7 Å². The third-order valence-electron chi connectivity index (χ3n) is 2.37. The van der Waals surface area contributed by atoms with Gasteiger partial charge >= 0.3 is 0 Å². The zero-order valence-corrected chi connectivity index (χ0v) is 8.89. The molecule has 0 aromatic heterocycles. The van der Waals surface area contributed by atoms with E-state index in [1.165, 1.54) is 19.4 Å². The van der Waals surface area contributed by atoms with E-state index in [0.717, 1.165) is 15.9 Å². The third-order valence-corrected chi connectivity index (χ3v) is 3.59. The van der Waals surface area contributed by atoms with E-state index in [2.05, 4.69) is 41.8 Å². The van der Waals surface area contributed by atoms with Gasteiger partial charge in [0.25, 0.3) is 0 Å². The summed E-state index contributed by atoms with van der Waals surface area (Å²) in [6.07, 6.45) is 2.76. The summed E-state index contributed by atoms with van der Waals surface area (Å²) in [7, 11) is 0. The normalized spacial score (nSPS) is 30.9. The lowest BCUT2D eigenvalue weighted by molar-refractivity contribution is 0.308. The monoisotopic (exact) mass is 253 g/mol. The molecule has 1 rings (SSSR count). The Morgan fingerprint density at radius 3 is 2.50 bits per heavy atom. The van der Waals surface area contributed by atoms with Crippen LogP contribution in [0.2, 0.25) is 0 Å². The summed E-state index contributed by atoms with van der Waals surface area (Å²) in [6, 6.07) is 0.840. The van der Waals surface area contributed by atoms with Crippen molar-refractivity contribution in [3.8, 4) is 0 Å². The van der Waals surface area contributed by atoms with Gasteiger partial charge in [0.15, 0.2) is 0 Å². The predicted octanol–water partition coefficient (Wildman–Crippen LogP) is 2.20. The molecule has 0 aromatic rings. The number of rotatable bonds is 3. The molecule has 1 N–H and O–H groups in total. The van der Waals surface area contributed by atoms with E-state index in [-0.39, 0.29) is 0 Å². The first kappa shape index (κ1) is 8.78. The van der Waals surface area contributed by atoms with Crippen LogP contribution >= 0.6 is 22.6 Å². The summed E-state index contributed by atoms with van der Waals surface area (Å²) in [5.41, 5.74) is 0. The van der Waals surface area contributed by atoms with Crippen LogP contribution < -0.4 is 5.32 Å². The molecular weight excluding hydrogens is 237 g/mol. The van der Waals surface area contributed by atoms with Crippen LogP contribution in [-0.4, -0.2) is 16.5 Å². The molecule has 1 saturated heterocycles. The Labute approximate surface area is 77.1 Å². The van der Waals surface area contributed by atoms with Gasteiger partial charge in [-0.05, 0) is 25.3 Å². The largest absolute Gasteiger partial charge is 0.314 e. The van der Waals surface area contributed by atoms with Crippen LogP contribution in [-0.2, 0) is 0 Å². The highest BCUT2D eigenvalue weighted by molar-refractivity contribution is 14.1. The highest BCUT2D eigenvalue weighted by atomic mass is 127. The number of halogens is 1. The van der Waals surface area contributed by atoms with Gasteiger partial charge in [-0.3, -0.25) is 0 Å². The summed E-state index contributed by atoms with van der Waals surface area (Å²) in [6.45, 7) is 5.88. The molecule has 0 radical (unpaired) electrons. The van der Waals surface area contributed by atoms with Crippen LogP contribution in [0.3, 0.4) is 0 Å². The van der Waals surface area contributed by atoms with Crippen molar-refractivity contribution in [2.24, 2.45) is 5.92 Å². The fourth-order valence-corrected chi connectivity index (χ4v) is 1.48. The smallest absolute Gasteiger partial charge is 0.0107 e. The molecule has 3 unspecified atom stereocenters. The molecule has 0 spiro atoms. The van der Waals surface area contributed by atoms with Crippen LogP contribution in [0.15, 0.2) is 0 Å². The molecule has 0 aliphatic carbocycles. The van der Waals surface area contributed by atoms with E-state index in [4.69, 9.17) is 0 Å². The zero-order chi connectivity index (χ0) is 7.56. The number of alkyl halides is 1. The molecule has 1 aliphatic rings. The molecule has 10 heavy (non-hydrogen) atoms. The second kappa shape index (κ2) is 3.90. The molecular formula is C8H16IN. The van der Waals surface area contributed by atoms with E-state index in [1.54, 1.807) is 0 Å². The first-order chi connectivity index (χ1) is 4.70. The van der Waals surface area contributed by atoms with Gasteiger partial charge in [-0.1, -0.05) is 36.4 Å². The van der Waals surface area contributed by atoms with Crippen molar-refractivity contribution in [3.05, 3.63) is 0 Å². The minimum absolute atomic E-state index is 0.819. The van der Waals surface area contributed by atoms with Gasteiger partial charge in [-0.2, -0.15) is 0 Å². The van der Waals surface area contributed by atoms with Crippen molar-refractivity contribution in [2.45, 2.75) is 36.7 Å². The topological polar surface area (TPSA) is 12.0 Å². The van der Waals surface area contributed by atoms with E-state index >= 15 is 0 Å². The van der Waals surface area contributed by atoms with Gasteiger partial charge in [-0.25, -0.2) is 0 Å². The molecule has 1 fully saturated rings. The van der Waals surface area contributed by atoms with Crippen molar-refractivity contribution in [3.63, 3.8) is 0 Å². The molecule has 0 bridgehead atoms. The van der Waals surface area contributed by atoms with Crippen LogP contribution in [0.4, 0.5) is 0 Å². The van der Waals surface area contributed by atoms with E-state index < -0.39 is 0 Å². The number of hydrogen-bond donors (Lipinski definition) is 1. The highest BCUT2D eigenvalue weighted by Gasteiger charge is 2.20. The Bertz CT molecular complexity index is 99.4. The lowest BCUT2D eigenvalue weighted by Gasteiger charge is -2.30. The van der Waals surface area contributed by atoms with Crippen molar-refractivity contribution in [2.75, 3.05) is 6.54 Å². The first-order valence-corrected chi connectivity index (χ1v) is 5.32. The van der Waals surface area contributed by atoms with Gasteiger partial charge in [0, 0.05) is 9.97 Å². The zero-order valence-electron chi connectivity index (χ0n) is 6.73. The molecule has 1 aliphatic heterocycles. The van der Waals surface area contributed by atoms with Crippen molar-refractivity contribution in [1.29, 1.82) is 0 Å². The second-order valence-corrected chi connectivity index (χ2v) is 5.30. The van der Waals surface area contributed by atoms with Crippen LogP contribution in [0.5, 0.6) is 0 Å². The number of nitrogens with one attached hydrogen (secondary N) is 1. The minimum atomic E-state index is 0.819. The third kappa shape index (κ3) is 2.38. The van der Waals surface area contributed by atoms with Gasteiger partial charge in [0.2, 0.25) is 0 Å². The lowest BCUT2D eigenvalue weighted by Crippen LogP contribution is -2.44. The first-order valence-electron chi connectivity index (χ1n) is 4.07. The molecule has 1 nitrogen and oxygen atoms in total. The maximum Gasteiger partial charge on any atom is 0.0107 e. The van der Waals surface area contributed by atoms with Crippen LogP contribution in [0.25, 0.3) is 0 Å². The molecule has 60 valence electrons. The van der Waals surface area contributed by atoms with Crippen molar-refractivity contribution >= 4 is 22.6 Å². The van der Waals surface area contributed by atoms with E-state index in [1.807, 2.05) is 0 Å². The predicted molar refractivity (Wildman–Crippen MR) is 53.7 cm³/mol. The van der Waals surface area contributed by atoms with E-state index in [9.17, 15) is 0 Å². The lowest BCUT2D eigenvalue weighted by atomic mass is 9.93. The van der Waals surface area contributed by atoms with Gasteiger partial charge in [0.1, 0.15) is 0 Å². The Morgan fingerprint density at radius 2 is 2.20 bits per heavy atom. The summed E-state index contributed by atoms with van der Waals surface area (Å²) >= 11 is 2.51. The second-order valence-electron chi connectivity index (χ2n) is 3.33. The fraction of sp³-hybridized carbons (Fsp3) is 1.00. The Hall–Kier alpha value is 0.690. The highest BCUT2D eigenvalue weighted by Crippen LogP contribution is 2.21. The summed E-state index contributed by atoms with van der Waals surface area (Å²) in [5.74, 6) is 0.874. The summed E-state index contributed by atoms with van der Waals surface area (Å²) in [4.78, 5) is 0. The fourth-order valence-electron chi connectivity index (χ4n) is 1.19. The maximum absolute atomic E-state index is 3.43. The molecule has 0 amide bonds. The molecule has 3 atom stereocenters. The standard InChI is InChI=1S/C8H16IN/c1-6(7(2)9)5-8-3-4-10-8/h6-8,10H,3-5H2,1-2H3. The average molecular weight is 253 g/mol. The van der Waals surface area contributed by atoms with Crippen LogP contribution in [0, 0.1) is 5.92 Å². The van der Waals surface area contributed by atoms with Gasteiger partial charge in [0.05, 0.1) is 0 Å². The number of hydrogen-bond acceptors (Lipinski definition) is 1. The Balaban J connectivity index is 2.10. The SMILES string of the molecule is CC(I)C(C)CC1CCN1. The summed E-state index contributed by atoms with van der Waals surface area (Å²) < 4.78 is 0.819. The van der Waals surface area contributed by atoms with E-state index in [0.29, 0.717) is 0 Å². The minimum Gasteiger partial charge on any atom is -0.314 e. The Morgan fingerprint density at radius 1 is 1.60 bits per heavy atom.